The molecule has 3 N–H and O–H groups in total. The lowest BCUT2D eigenvalue weighted by molar-refractivity contribution is 0.0716. The molecule has 1 aliphatic heterocycles. The fraction of sp³-hybridized carbons (Fsp3) is 0.750. The highest BCUT2D eigenvalue weighted by Gasteiger charge is 2.12. The van der Waals surface area contributed by atoms with E-state index in [1.54, 1.807) is 0 Å². The minimum atomic E-state index is -0.991. The van der Waals surface area contributed by atoms with Gasteiger partial charge in [-0.15, -0.1) is 0 Å². The van der Waals surface area contributed by atoms with E-state index >= 15 is 0 Å². The van der Waals surface area contributed by atoms with E-state index in [4.69, 9.17) is 5.11 Å². The van der Waals surface area contributed by atoms with Crippen LogP contribution in [0.4, 0.5) is 4.79 Å². The molecular formula is C4H9N3O2. The molecule has 5 nitrogen and oxygen atoms in total. The number of hydrogen-bond acceptors (Lipinski definition) is 3. The standard InChI is InChI=1S/C4H9N3O2/c8-4(9)7-5-2-1-3-6-7/h5-6H,1-3H2,(H,8,9). The molecule has 52 valence electrons. The van der Waals surface area contributed by atoms with Gasteiger partial charge in [-0.2, -0.15) is 5.12 Å². The van der Waals surface area contributed by atoms with E-state index < -0.39 is 6.09 Å². The summed E-state index contributed by atoms with van der Waals surface area (Å²) in [5.74, 6) is 0. The van der Waals surface area contributed by atoms with Crippen LogP contribution in [0.2, 0.25) is 0 Å². The predicted molar refractivity (Wildman–Crippen MR) is 30.5 cm³/mol. The van der Waals surface area contributed by atoms with Crippen LogP contribution in [0.3, 0.4) is 0 Å². The van der Waals surface area contributed by atoms with Gasteiger partial charge < -0.3 is 5.11 Å². The number of nitrogens with one attached hydrogen (secondary N) is 2. The van der Waals surface area contributed by atoms with Crippen molar-refractivity contribution in [1.82, 2.24) is 16.0 Å². The Kier molecular flexibility index (Phi) is 1.86. The molecule has 1 heterocycles. The Hall–Kier alpha value is -0.810. The first-order valence-electron chi connectivity index (χ1n) is 2.81. The molecular weight excluding hydrogens is 122 g/mol. The average molecular weight is 131 g/mol. The third-order valence-electron chi connectivity index (χ3n) is 1.08. The van der Waals surface area contributed by atoms with Gasteiger partial charge in [-0.05, 0) is 6.42 Å². The fourth-order valence-corrected chi connectivity index (χ4v) is 0.661. The summed E-state index contributed by atoms with van der Waals surface area (Å²) in [6.45, 7) is 1.44. The highest BCUT2D eigenvalue weighted by Crippen LogP contribution is 1.86. The highest BCUT2D eigenvalue weighted by molar-refractivity contribution is 5.63. The predicted octanol–water partition coefficient (Wildman–Crippen LogP) is -0.621. The molecule has 1 rings (SSSR count). The van der Waals surface area contributed by atoms with Gasteiger partial charge in [0.05, 0.1) is 0 Å². The normalized spacial score (nSPS) is 19.8. The maximum atomic E-state index is 10.2. The number of carboxylic acid groups (broad SMARTS) is 1. The summed E-state index contributed by atoms with van der Waals surface area (Å²) >= 11 is 0. The van der Waals surface area contributed by atoms with Crippen molar-refractivity contribution in [2.75, 3.05) is 13.1 Å². The molecule has 0 spiro atoms. The zero-order valence-electron chi connectivity index (χ0n) is 4.92. The Balaban J connectivity index is 2.31. The topological polar surface area (TPSA) is 64.6 Å². The van der Waals surface area contributed by atoms with Crippen LogP contribution in [-0.4, -0.2) is 29.4 Å². The van der Waals surface area contributed by atoms with Crippen molar-refractivity contribution < 1.29 is 9.90 Å². The maximum Gasteiger partial charge on any atom is 0.436 e. The third-order valence-corrected chi connectivity index (χ3v) is 1.08. The molecule has 0 aromatic heterocycles. The van der Waals surface area contributed by atoms with Gasteiger partial charge in [0.1, 0.15) is 0 Å². The molecule has 0 unspecified atom stereocenters. The van der Waals surface area contributed by atoms with Crippen molar-refractivity contribution in [3.8, 4) is 0 Å². The van der Waals surface area contributed by atoms with Crippen LogP contribution >= 0.6 is 0 Å². The molecule has 0 aromatic rings. The summed E-state index contributed by atoms with van der Waals surface area (Å²) in [7, 11) is 0. The van der Waals surface area contributed by atoms with Crippen LogP contribution in [0.5, 0.6) is 0 Å². The van der Waals surface area contributed by atoms with Crippen LogP contribution < -0.4 is 10.9 Å². The van der Waals surface area contributed by atoms with Gasteiger partial charge in [-0.25, -0.2) is 15.6 Å². The number of nitrogens with zero attached hydrogens (tertiary/aromatic N) is 1. The summed E-state index contributed by atoms with van der Waals surface area (Å²) < 4.78 is 0. The van der Waals surface area contributed by atoms with Gasteiger partial charge in [0, 0.05) is 13.1 Å². The Bertz CT molecular complexity index is 110. The van der Waals surface area contributed by atoms with Crippen molar-refractivity contribution in [3.05, 3.63) is 0 Å². The fourth-order valence-electron chi connectivity index (χ4n) is 0.661. The number of hydrogen-bond donors (Lipinski definition) is 3. The van der Waals surface area contributed by atoms with Gasteiger partial charge in [-0.1, -0.05) is 0 Å². The number of amides is 1. The van der Waals surface area contributed by atoms with E-state index in [2.05, 4.69) is 10.9 Å². The van der Waals surface area contributed by atoms with Crippen molar-refractivity contribution in [3.63, 3.8) is 0 Å². The molecule has 0 radical (unpaired) electrons. The summed E-state index contributed by atoms with van der Waals surface area (Å²) in [5.41, 5.74) is 5.28. The largest absolute Gasteiger partial charge is 0.463 e. The minimum absolute atomic E-state index is 0.722. The van der Waals surface area contributed by atoms with Crippen molar-refractivity contribution in [2.24, 2.45) is 0 Å². The monoisotopic (exact) mass is 131 g/mol. The first kappa shape index (κ1) is 6.31. The minimum Gasteiger partial charge on any atom is -0.463 e. The zero-order valence-corrected chi connectivity index (χ0v) is 4.92. The Morgan fingerprint density at radius 2 is 2.00 bits per heavy atom. The van der Waals surface area contributed by atoms with Crippen LogP contribution in [0.15, 0.2) is 0 Å². The number of hydrazine groups is 2. The van der Waals surface area contributed by atoms with E-state index in [1.807, 2.05) is 0 Å². The van der Waals surface area contributed by atoms with Gasteiger partial charge in [-0.3, -0.25) is 0 Å². The molecule has 1 saturated heterocycles. The molecule has 0 atom stereocenters. The second kappa shape index (κ2) is 2.65. The Labute approximate surface area is 52.6 Å². The lowest BCUT2D eigenvalue weighted by Crippen LogP contribution is -2.55. The van der Waals surface area contributed by atoms with Gasteiger partial charge in [0.25, 0.3) is 0 Å². The molecule has 0 saturated carbocycles. The van der Waals surface area contributed by atoms with E-state index in [9.17, 15) is 4.79 Å². The van der Waals surface area contributed by atoms with Crippen LogP contribution in [0.25, 0.3) is 0 Å². The molecule has 0 aromatic carbocycles. The van der Waals surface area contributed by atoms with Crippen molar-refractivity contribution in [2.45, 2.75) is 6.42 Å². The summed E-state index contributed by atoms with van der Waals surface area (Å²) in [6.07, 6.45) is -0.0289. The van der Waals surface area contributed by atoms with Gasteiger partial charge in [0.15, 0.2) is 0 Å². The molecule has 5 heteroatoms. The molecule has 1 amide bonds. The van der Waals surface area contributed by atoms with Crippen molar-refractivity contribution in [1.29, 1.82) is 0 Å². The Morgan fingerprint density at radius 1 is 1.44 bits per heavy atom. The summed E-state index contributed by atoms with van der Waals surface area (Å²) in [4.78, 5) is 10.2. The molecule has 1 aliphatic rings. The highest BCUT2D eigenvalue weighted by atomic mass is 16.4. The third kappa shape index (κ3) is 1.55. The summed E-state index contributed by atoms with van der Waals surface area (Å²) in [5, 5.41) is 9.31. The smallest absolute Gasteiger partial charge is 0.436 e. The van der Waals surface area contributed by atoms with Crippen molar-refractivity contribution >= 4 is 6.09 Å². The van der Waals surface area contributed by atoms with Crippen LogP contribution in [0.1, 0.15) is 6.42 Å². The van der Waals surface area contributed by atoms with E-state index in [0.717, 1.165) is 24.6 Å². The van der Waals surface area contributed by atoms with E-state index in [1.165, 1.54) is 0 Å². The second-order valence-corrected chi connectivity index (χ2v) is 1.79. The van der Waals surface area contributed by atoms with Gasteiger partial charge in [0.2, 0.25) is 0 Å². The average Bonchev–Trinajstić information content (AvgIpc) is 1.90. The molecule has 9 heavy (non-hydrogen) atoms. The SMILES string of the molecule is O=C(O)N1NCCCN1. The zero-order chi connectivity index (χ0) is 6.69. The number of carbonyl (C=O) groups is 1. The van der Waals surface area contributed by atoms with Crippen LogP contribution in [-0.2, 0) is 0 Å². The summed E-state index contributed by atoms with van der Waals surface area (Å²) in [6, 6.07) is 0. The van der Waals surface area contributed by atoms with E-state index in [0.29, 0.717) is 0 Å². The first-order valence-corrected chi connectivity index (χ1v) is 2.81. The van der Waals surface area contributed by atoms with Gasteiger partial charge >= 0.3 is 6.09 Å². The number of rotatable bonds is 0. The molecule has 0 aliphatic carbocycles. The molecule has 0 bridgehead atoms. The quantitative estimate of drug-likeness (QED) is 0.410. The lowest BCUT2D eigenvalue weighted by Gasteiger charge is -2.24. The van der Waals surface area contributed by atoms with E-state index in [-0.39, 0.29) is 0 Å². The maximum absolute atomic E-state index is 10.2. The lowest BCUT2D eigenvalue weighted by atomic mass is 10.4. The first-order chi connectivity index (χ1) is 4.30. The molecule has 1 fully saturated rings. The van der Waals surface area contributed by atoms with Crippen LogP contribution in [0, 0.1) is 0 Å². The Morgan fingerprint density at radius 3 is 2.33 bits per heavy atom. The second-order valence-electron chi connectivity index (χ2n) is 1.79.